The normalized spacial score (nSPS) is 14.7. The molecule has 5 nitrogen and oxygen atoms in total. The smallest absolute Gasteiger partial charge is 0.282 e. The van der Waals surface area contributed by atoms with Crippen molar-refractivity contribution in [2.24, 2.45) is 4.99 Å². The number of amidine groups is 1. The number of hydrogen-bond donors (Lipinski definition) is 0. The Labute approximate surface area is 184 Å². The lowest BCUT2D eigenvalue weighted by atomic mass is 10.1. The van der Waals surface area contributed by atoms with E-state index in [4.69, 9.17) is 21.1 Å². The number of benzene rings is 3. The number of aliphatic imine (C=N–C) groups is 1. The highest BCUT2D eigenvalue weighted by Gasteiger charge is 2.33. The summed E-state index contributed by atoms with van der Waals surface area (Å²) in [5.41, 5.74) is 2.01. The first-order chi connectivity index (χ1) is 15.0. The van der Waals surface area contributed by atoms with E-state index in [0.717, 1.165) is 0 Å². The number of rotatable bonds is 5. The summed E-state index contributed by atoms with van der Waals surface area (Å²) in [7, 11) is 3.09. The van der Waals surface area contributed by atoms with Gasteiger partial charge in [-0.25, -0.2) is 9.38 Å². The third-order valence-corrected chi connectivity index (χ3v) is 5.10. The van der Waals surface area contributed by atoms with Crippen molar-refractivity contribution in [2.75, 3.05) is 19.1 Å². The highest BCUT2D eigenvalue weighted by molar-refractivity contribution is 6.39. The van der Waals surface area contributed by atoms with E-state index < -0.39 is 5.82 Å². The predicted octanol–water partition coefficient (Wildman–Crippen LogP) is 5.33. The quantitative estimate of drug-likeness (QED) is 0.508. The zero-order chi connectivity index (χ0) is 22.0. The minimum Gasteiger partial charge on any atom is -0.493 e. The van der Waals surface area contributed by atoms with Gasteiger partial charge in [0, 0.05) is 5.56 Å². The number of methoxy groups -OCH3 is 2. The van der Waals surface area contributed by atoms with E-state index in [1.54, 1.807) is 56.7 Å². The lowest BCUT2D eigenvalue weighted by Crippen LogP contribution is -2.32. The fourth-order valence-electron chi connectivity index (χ4n) is 3.27. The van der Waals surface area contributed by atoms with Gasteiger partial charge in [0.15, 0.2) is 11.5 Å². The molecule has 0 radical (unpaired) electrons. The van der Waals surface area contributed by atoms with Crippen LogP contribution >= 0.6 is 11.6 Å². The lowest BCUT2D eigenvalue weighted by Gasteiger charge is -2.19. The number of hydrogen-bond acceptors (Lipinski definition) is 4. The van der Waals surface area contributed by atoms with Gasteiger partial charge in [-0.05, 0) is 60.2 Å². The molecule has 3 aromatic rings. The first kappa shape index (κ1) is 20.6. The van der Waals surface area contributed by atoms with Crippen LogP contribution in [-0.2, 0) is 4.79 Å². The summed E-state index contributed by atoms with van der Waals surface area (Å²) in [5, 5.41) is 0.452. The number of halogens is 2. The summed E-state index contributed by atoms with van der Waals surface area (Å²) in [5.74, 6) is 0.738. The molecular weight excluding hydrogens is 419 g/mol. The minimum atomic E-state index is -0.396. The Kier molecular flexibility index (Phi) is 5.73. The zero-order valence-corrected chi connectivity index (χ0v) is 17.6. The van der Waals surface area contributed by atoms with Crippen molar-refractivity contribution in [3.63, 3.8) is 0 Å². The Morgan fingerprint density at radius 2 is 1.68 bits per heavy atom. The topological polar surface area (TPSA) is 51.1 Å². The van der Waals surface area contributed by atoms with E-state index >= 15 is 0 Å². The van der Waals surface area contributed by atoms with Crippen molar-refractivity contribution in [1.82, 2.24) is 0 Å². The molecule has 1 aliphatic heterocycles. The van der Waals surface area contributed by atoms with Gasteiger partial charge in [0.1, 0.15) is 17.3 Å². The van der Waals surface area contributed by atoms with Crippen molar-refractivity contribution >= 4 is 35.1 Å². The molecule has 156 valence electrons. The third kappa shape index (κ3) is 4.02. The van der Waals surface area contributed by atoms with Crippen LogP contribution in [0.15, 0.2) is 77.4 Å². The molecule has 4 rings (SSSR count). The second-order valence-corrected chi connectivity index (χ2v) is 7.08. The van der Waals surface area contributed by atoms with Crippen LogP contribution in [0.5, 0.6) is 11.5 Å². The number of carbonyl (C=O) groups excluding carboxylic acids is 1. The molecule has 3 aromatic carbocycles. The minimum absolute atomic E-state index is 0.214. The number of amides is 1. The molecule has 0 bridgehead atoms. The molecule has 1 heterocycles. The van der Waals surface area contributed by atoms with Gasteiger partial charge in [0.2, 0.25) is 0 Å². The van der Waals surface area contributed by atoms with Gasteiger partial charge in [-0.2, -0.15) is 0 Å². The molecule has 1 aliphatic rings. The molecule has 0 fully saturated rings. The van der Waals surface area contributed by atoms with Gasteiger partial charge in [-0.15, -0.1) is 0 Å². The maximum absolute atomic E-state index is 13.5. The molecule has 0 N–H and O–H groups in total. The van der Waals surface area contributed by atoms with E-state index in [1.165, 1.54) is 29.2 Å². The molecule has 0 spiro atoms. The van der Waals surface area contributed by atoms with Gasteiger partial charge in [0.05, 0.1) is 24.9 Å². The van der Waals surface area contributed by atoms with Crippen molar-refractivity contribution in [1.29, 1.82) is 0 Å². The Morgan fingerprint density at radius 3 is 2.35 bits per heavy atom. The van der Waals surface area contributed by atoms with Gasteiger partial charge in [-0.3, -0.25) is 9.69 Å². The van der Waals surface area contributed by atoms with Crippen LogP contribution in [0.3, 0.4) is 0 Å². The second-order valence-electron chi connectivity index (χ2n) is 6.68. The fraction of sp³-hybridized carbons (Fsp3) is 0.0833. The average molecular weight is 437 g/mol. The fourth-order valence-corrected chi connectivity index (χ4v) is 3.49. The van der Waals surface area contributed by atoms with Crippen LogP contribution in [-0.4, -0.2) is 26.0 Å². The monoisotopic (exact) mass is 436 g/mol. The standard InChI is InChI=1S/C24H18ClFN2O3/c1-30-21-12-7-15(14-22(21)31-2)13-20-24(29)28(17-10-8-16(26)9-11-17)23(27-20)18-5-3-4-6-19(18)25/h3-14H,1-2H3/b20-13+. The van der Waals surface area contributed by atoms with Gasteiger partial charge >= 0.3 is 0 Å². The van der Waals surface area contributed by atoms with Crippen molar-refractivity contribution in [3.05, 3.63) is 94.4 Å². The molecule has 31 heavy (non-hydrogen) atoms. The van der Waals surface area contributed by atoms with Crippen molar-refractivity contribution in [3.8, 4) is 11.5 Å². The number of anilines is 1. The molecule has 1 amide bonds. The maximum Gasteiger partial charge on any atom is 0.282 e. The lowest BCUT2D eigenvalue weighted by molar-refractivity contribution is -0.113. The van der Waals surface area contributed by atoms with E-state index in [2.05, 4.69) is 4.99 Å². The Morgan fingerprint density at radius 1 is 0.968 bits per heavy atom. The van der Waals surface area contributed by atoms with Crippen LogP contribution in [0.2, 0.25) is 5.02 Å². The largest absolute Gasteiger partial charge is 0.493 e. The van der Waals surface area contributed by atoms with Crippen LogP contribution in [0.4, 0.5) is 10.1 Å². The first-order valence-corrected chi connectivity index (χ1v) is 9.77. The van der Waals surface area contributed by atoms with Crippen LogP contribution < -0.4 is 14.4 Å². The van der Waals surface area contributed by atoms with E-state index in [1.807, 2.05) is 6.07 Å². The Hall–Kier alpha value is -3.64. The Balaban J connectivity index is 1.83. The van der Waals surface area contributed by atoms with E-state index in [0.29, 0.717) is 39.2 Å². The highest BCUT2D eigenvalue weighted by Crippen LogP contribution is 2.32. The average Bonchev–Trinajstić information content (AvgIpc) is 3.10. The third-order valence-electron chi connectivity index (χ3n) is 4.77. The molecule has 0 atom stereocenters. The predicted molar refractivity (Wildman–Crippen MR) is 119 cm³/mol. The molecule has 7 heteroatoms. The molecule has 0 unspecified atom stereocenters. The van der Waals surface area contributed by atoms with E-state index in [9.17, 15) is 9.18 Å². The van der Waals surface area contributed by atoms with Crippen LogP contribution in [0.1, 0.15) is 11.1 Å². The highest BCUT2D eigenvalue weighted by atomic mass is 35.5. The summed E-state index contributed by atoms with van der Waals surface area (Å²) in [4.78, 5) is 19.3. The summed E-state index contributed by atoms with van der Waals surface area (Å²) >= 11 is 6.38. The van der Waals surface area contributed by atoms with Gasteiger partial charge in [-0.1, -0.05) is 29.8 Å². The summed E-state index contributed by atoms with van der Waals surface area (Å²) in [6.07, 6.45) is 1.66. The SMILES string of the molecule is COc1ccc(/C=C2/N=C(c3ccccc3Cl)N(c3ccc(F)cc3)C2=O)cc1OC. The Bertz CT molecular complexity index is 1210. The summed E-state index contributed by atoms with van der Waals surface area (Å²) < 4.78 is 24.1. The maximum atomic E-state index is 13.5. The van der Waals surface area contributed by atoms with Crippen LogP contribution in [0.25, 0.3) is 6.08 Å². The number of carbonyl (C=O) groups is 1. The zero-order valence-electron chi connectivity index (χ0n) is 16.8. The molecule has 0 saturated heterocycles. The van der Waals surface area contributed by atoms with Gasteiger partial charge < -0.3 is 9.47 Å². The molecule has 0 aromatic heterocycles. The summed E-state index contributed by atoms with van der Waals surface area (Å²) in [6.45, 7) is 0. The summed E-state index contributed by atoms with van der Waals surface area (Å²) in [6, 6.07) is 18.1. The van der Waals surface area contributed by atoms with E-state index in [-0.39, 0.29) is 11.6 Å². The van der Waals surface area contributed by atoms with Crippen molar-refractivity contribution in [2.45, 2.75) is 0 Å². The molecule has 0 saturated carbocycles. The second kappa shape index (κ2) is 8.62. The number of nitrogens with zero attached hydrogens (tertiary/aromatic N) is 2. The number of ether oxygens (including phenoxy) is 2. The van der Waals surface area contributed by atoms with Crippen molar-refractivity contribution < 1.29 is 18.7 Å². The van der Waals surface area contributed by atoms with Crippen LogP contribution in [0, 0.1) is 5.82 Å². The molecular formula is C24H18ClFN2O3. The van der Waals surface area contributed by atoms with Gasteiger partial charge in [0.25, 0.3) is 5.91 Å². The molecule has 0 aliphatic carbocycles. The first-order valence-electron chi connectivity index (χ1n) is 9.39.